The molecule has 1 aliphatic carbocycles. The molecule has 1 heterocycles. The van der Waals surface area contributed by atoms with Crippen LogP contribution in [0.3, 0.4) is 0 Å². The highest BCUT2D eigenvalue weighted by Gasteiger charge is 2.24. The van der Waals surface area contributed by atoms with Crippen LogP contribution in [0, 0.1) is 6.92 Å². The van der Waals surface area contributed by atoms with Gasteiger partial charge in [-0.05, 0) is 74.9 Å². The van der Waals surface area contributed by atoms with E-state index in [9.17, 15) is 4.79 Å². The van der Waals surface area contributed by atoms with Crippen molar-refractivity contribution < 1.29 is 9.90 Å². The lowest BCUT2D eigenvalue weighted by Gasteiger charge is -2.17. The van der Waals surface area contributed by atoms with Gasteiger partial charge in [0.05, 0.1) is 5.56 Å². The Morgan fingerprint density at radius 3 is 2.50 bits per heavy atom. The summed E-state index contributed by atoms with van der Waals surface area (Å²) in [6, 6.07) is 7.17. The van der Waals surface area contributed by atoms with E-state index in [1.165, 1.54) is 40.9 Å². The van der Waals surface area contributed by atoms with E-state index < -0.39 is 5.97 Å². The van der Waals surface area contributed by atoms with Crippen molar-refractivity contribution in [2.24, 2.45) is 0 Å². The zero-order chi connectivity index (χ0) is 18.7. The fourth-order valence-corrected chi connectivity index (χ4v) is 3.95. The molecule has 0 aliphatic heterocycles. The summed E-state index contributed by atoms with van der Waals surface area (Å²) in [5, 5.41) is 9.16. The second-order valence-electron chi connectivity index (χ2n) is 6.64. The van der Waals surface area contributed by atoms with Crippen molar-refractivity contribution in [2.75, 3.05) is 0 Å². The number of hydrogen-bond acceptors (Lipinski definition) is 1. The number of fused-ring (bicyclic) bond motifs is 1. The Bertz CT molecular complexity index is 895. The molecule has 2 aromatic rings. The first kappa shape index (κ1) is 18.0. The van der Waals surface area contributed by atoms with Crippen LogP contribution >= 0.6 is 0 Å². The standard InChI is InChI=1S/C23H25NO2/c1-4-8-17(9-5-2)22-16(3)24(21-11-7-6-10-20(21)22)19-14-12-18(13-15-19)23(25)26/h4-5,8-9,12-15H,1,6-7,10-11H2,2-3H3,(H,25,26)/b9-5-,17-8+. The molecule has 0 fully saturated rings. The zero-order valence-corrected chi connectivity index (χ0v) is 15.5. The van der Waals surface area contributed by atoms with E-state index in [0.29, 0.717) is 5.56 Å². The lowest BCUT2D eigenvalue weighted by atomic mass is 9.91. The van der Waals surface area contributed by atoms with Crippen LogP contribution in [0.1, 0.15) is 52.6 Å². The normalized spacial score (nSPS) is 14.5. The Morgan fingerprint density at radius 1 is 1.19 bits per heavy atom. The lowest BCUT2D eigenvalue weighted by molar-refractivity contribution is 0.0697. The predicted molar refractivity (Wildman–Crippen MR) is 107 cm³/mol. The van der Waals surface area contributed by atoms with Gasteiger partial charge >= 0.3 is 5.97 Å². The summed E-state index contributed by atoms with van der Waals surface area (Å²) in [6.45, 7) is 8.05. The Morgan fingerprint density at radius 2 is 1.88 bits per heavy atom. The van der Waals surface area contributed by atoms with Crippen molar-refractivity contribution in [2.45, 2.75) is 39.5 Å². The van der Waals surface area contributed by atoms with Crippen LogP contribution in [0.4, 0.5) is 0 Å². The highest BCUT2D eigenvalue weighted by atomic mass is 16.4. The van der Waals surface area contributed by atoms with Crippen molar-refractivity contribution in [3.63, 3.8) is 0 Å². The molecule has 3 rings (SSSR count). The fourth-order valence-electron chi connectivity index (χ4n) is 3.95. The van der Waals surface area contributed by atoms with Crippen molar-refractivity contribution >= 4 is 11.5 Å². The summed E-state index contributed by atoms with van der Waals surface area (Å²) in [6.07, 6.45) is 12.6. The molecule has 0 saturated carbocycles. The molecule has 0 radical (unpaired) electrons. The molecule has 3 nitrogen and oxygen atoms in total. The summed E-state index contributed by atoms with van der Waals surface area (Å²) in [4.78, 5) is 11.2. The Kier molecular flexibility index (Phi) is 5.27. The van der Waals surface area contributed by atoms with Crippen LogP contribution in [0.15, 0.2) is 55.1 Å². The zero-order valence-electron chi connectivity index (χ0n) is 15.5. The quantitative estimate of drug-likeness (QED) is 0.725. The molecule has 3 heteroatoms. The molecular formula is C23H25NO2. The molecule has 0 saturated heterocycles. The largest absolute Gasteiger partial charge is 0.478 e. The minimum Gasteiger partial charge on any atom is -0.478 e. The fraction of sp³-hybridized carbons (Fsp3) is 0.261. The third kappa shape index (κ3) is 3.17. The van der Waals surface area contributed by atoms with Crippen molar-refractivity contribution in [3.8, 4) is 5.69 Å². The maximum atomic E-state index is 11.2. The number of aromatic carboxylic acids is 1. The summed E-state index contributed by atoms with van der Waals surface area (Å²) < 4.78 is 2.30. The van der Waals surface area contributed by atoms with Gasteiger partial charge < -0.3 is 9.67 Å². The molecule has 0 amide bonds. The van der Waals surface area contributed by atoms with E-state index >= 15 is 0 Å². The second-order valence-corrected chi connectivity index (χ2v) is 6.64. The van der Waals surface area contributed by atoms with E-state index in [1.807, 2.05) is 25.1 Å². The molecule has 0 bridgehead atoms. The molecule has 1 aromatic heterocycles. The van der Waals surface area contributed by atoms with Gasteiger partial charge in [0, 0.05) is 22.6 Å². The van der Waals surface area contributed by atoms with E-state index in [2.05, 4.69) is 36.3 Å². The van der Waals surface area contributed by atoms with Gasteiger partial charge in [-0.1, -0.05) is 30.9 Å². The number of carboxylic acid groups (broad SMARTS) is 1. The number of hydrogen-bond donors (Lipinski definition) is 1. The lowest BCUT2D eigenvalue weighted by Crippen LogP contribution is -2.08. The Labute approximate surface area is 155 Å². The highest BCUT2D eigenvalue weighted by molar-refractivity contribution is 5.87. The van der Waals surface area contributed by atoms with Gasteiger partial charge in [-0.25, -0.2) is 4.79 Å². The molecule has 0 atom stereocenters. The monoisotopic (exact) mass is 347 g/mol. The van der Waals surface area contributed by atoms with Gasteiger partial charge in [-0.15, -0.1) is 0 Å². The van der Waals surface area contributed by atoms with E-state index in [-0.39, 0.29) is 0 Å². The number of rotatable bonds is 5. The molecule has 1 aromatic carbocycles. The smallest absolute Gasteiger partial charge is 0.335 e. The minimum atomic E-state index is -0.896. The molecular weight excluding hydrogens is 322 g/mol. The van der Waals surface area contributed by atoms with Crippen LogP contribution in [-0.2, 0) is 12.8 Å². The van der Waals surface area contributed by atoms with Crippen LogP contribution in [0.25, 0.3) is 11.3 Å². The van der Waals surface area contributed by atoms with Crippen LogP contribution in [-0.4, -0.2) is 15.6 Å². The molecule has 26 heavy (non-hydrogen) atoms. The SMILES string of the molecule is C=C/C=C(\C=C/C)c1c2c(n(-c3ccc(C(=O)O)cc3)c1C)CCCC2. The number of aromatic nitrogens is 1. The molecule has 1 N–H and O–H groups in total. The summed E-state index contributed by atoms with van der Waals surface area (Å²) >= 11 is 0. The molecule has 1 aliphatic rings. The summed E-state index contributed by atoms with van der Waals surface area (Å²) in [5.41, 5.74) is 7.78. The van der Waals surface area contributed by atoms with Crippen molar-refractivity contribution in [3.05, 3.63) is 83.2 Å². The number of allylic oxidation sites excluding steroid dienone is 5. The first-order valence-corrected chi connectivity index (χ1v) is 9.11. The molecule has 134 valence electrons. The first-order chi connectivity index (χ1) is 12.6. The van der Waals surface area contributed by atoms with E-state index in [1.54, 1.807) is 12.1 Å². The first-order valence-electron chi connectivity index (χ1n) is 9.11. The average molecular weight is 347 g/mol. The molecule has 0 spiro atoms. The number of carboxylic acids is 1. The Hall–Kier alpha value is -2.81. The van der Waals surface area contributed by atoms with Crippen molar-refractivity contribution in [1.29, 1.82) is 0 Å². The van der Waals surface area contributed by atoms with Crippen LogP contribution < -0.4 is 0 Å². The third-order valence-corrected chi connectivity index (χ3v) is 5.01. The second kappa shape index (κ2) is 7.61. The maximum absolute atomic E-state index is 11.2. The van der Waals surface area contributed by atoms with Gasteiger partial charge in [0.2, 0.25) is 0 Å². The topological polar surface area (TPSA) is 42.2 Å². The van der Waals surface area contributed by atoms with E-state index in [4.69, 9.17) is 5.11 Å². The van der Waals surface area contributed by atoms with Crippen LogP contribution in [0.2, 0.25) is 0 Å². The van der Waals surface area contributed by atoms with E-state index in [0.717, 1.165) is 18.5 Å². The minimum absolute atomic E-state index is 0.314. The van der Waals surface area contributed by atoms with Gasteiger partial charge in [-0.2, -0.15) is 0 Å². The van der Waals surface area contributed by atoms with Crippen molar-refractivity contribution in [1.82, 2.24) is 4.57 Å². The number of nitrogens with zero attached hydrogens (tertiary/aromatic N) is 1. The number of benzene rings is 1. The third-order valence-electron chi connectivity index (χ3n) is 5.01. The summed E-state index contributed by atoms with van der Waals surface area (Å²) in [7, 11) is 0. The van der Waals surface area contributed by atoms with Gasteiger partial charge in [0.15, 0.2) is 0 Å². The van der Waals surface area contributed by atoms with Crippen LogP contribution in [0.5, 0.6) is 0 Å². The van der Waals surface area contributed by atoms with Gasteiger partial charge in [0.1, 0.15) is 0 Å². The van der Waals surface area contributed by atoms with Gasteiger partial charge in [-0.3, -0.25) is 0 Å². The maximum Gasteiger partial charge on any atom is 0.335 e. The molecule has 0 unspecified atom stereocenters. The average Bonchev–Trinajstić information content (AvgIpc) is 2.93. The highest BCUT2D eigenvalue weighted by Crippen LogP contribution is 2.36. The summed E-state index contributed by atoms with van der Waals surface area (Å²) in [5.74, 6) is -0.896. The Balaban J connectivity index is 2.22. The number of carbonyl (C=O) groups is 1. The van der Waals surface area contributed by atoms with Gasteiger partial charge in [0.25, 0.3) is 0 Å². The predicted octanol–water partition coefficient (Wildman–Crippen LogP) is 5.51.